The fourth-order valence-corrected chi connectivity index (χ4v) is 1.60. The first-order valence-corrected chi connectivity index (χ1v) is 5.42. The van der Waals surface area contributed by atoms with Gasteiger partial charge in [0.1, 0.15) is 0 Å². The molecule has 3 heteroatoms. The second-order valence-electron chi connectivity index (χ2n) is 4.80. The quantitative estimate of drug-likeness (QED) is 0.701. The van der Waals surface area contributed by atoms with E-state index < -0.39 is 0 Å². The molecule has 0 aliphatic carbocycles. The highest BCUT2D eigenvalue weighted by atomic mass is 16.5. The number of hydrogen-bond acceptors (Lipinski definition) is 3. The largest absolute Gasteiger partial charge is 0.465 e. The van der Waals surface area contributed by atoms with Crippen LogP contribution in [0.1, 0.15) is 33.6 Å². The summed E-state index contributed by atoms with van der Waals surface area (Å²) in [6.07, 6.45) is 1.79. The second kappa shape index (κ2) is 4.78. The average Bonchev–Trinajstić information content (AvgIpc) is 2.15. The van der Waals surface area contributed by atoms with Crippen LogP contribution in [0, 0.1) is 11.3 Å². The Hall–Kier alpha value is -0.570. The minimum absolute atomic E-state index is 0.0206. The highest BCUT2D eigenvalue weighted by Crippen LogP contribution is 2.29. The van der Waals surface area contributed by atoms with Gasteiger partial charge in [0.25, 0.3) is 0 Å². The molecule has 0 radical (unpaired) electrons. The van der Waals surface area contributed by atoms with Gasteiger partial charge in [-0.25, -0.2) is 0 Å². The molecular formula is C11H21NO2. The maximum Gasteiger partial charge on any atom is 0.311 e. The molecule has 0 spiro atoms. The predicted octanol–water partition coefficient (Wildman–Crippen LogP) is 1.58. The van der Waals surface area contributed by atoms with Gasteiger partial charge >= 0.3 is 5.97 Å². The van der Waals surface area contributed by atoms with Crippen molar-refractivity contribution < 1.29 is 9.53 Å². The Morgan fingerprint density at radius 1 is 1.43 bits per heavy atom. The number of rotatable bonds is 3. The zero-order valence-electron chi connectivity index (χ0n) is 9.43. The molecule has 1 heterocycles. The van der Waals surface area contributed by atoms with Crippen molar-refractivity contribution in [3.8, 4) is 0 Å². The van der Waals surface area contributed by atoms with Crippen molar-refractivity contribution in [2.45, 2.75) is 33.6 Å². The Morgan fingerprint density at radius 2 is 2.00 bits per heavy atom. The number of hydrogen-bond donors (Lipinski definition) is 1. The van der Waals surface area contributed by atoms with Crippen molar-refractivity contribution in [2.75, 3.05) is 19.7 Å². The maximum atomic E-state index is 11.8. The van der Waals surface area contributed by atoms with Gasteiger partial charge < -0.3 is 10.1 Å². The number of piperidine rings is 1. The molecule has 0 atom stereocenters. The molecule has 1 rings (SSSR count). The molecule has 0 saturated carbocycles. The second-order valence-corrected chi connectivity index (χ2v) is 4.80. The van der Waals surface area contributed by atoms with Crippen molar-refractivity contribution in [3.05, 3.63) is 0 Å². The van der Waals surface area contributed by atoms with E-state index in [4.69, 9.17) is 4.74 Å². The number of esters is 1. The molecule has 1 saturated heterocycles. The monoisotopic (exact) mass is 199 g/mol. The molecule has 1 N–H and O–H groups in total. The minimum atomic E-state index is -0.250. The number of ether oxygens (including phenoxy) is 1. The van der Waals surface area contributed by atoms with E-state index in [1.165, 1.54) is 0 Å². The highest BCUT2D eigenvalue weighted by Gasteiger charge is 2.35. The number of carbonyl (C=O) groups is 1. The van der Waals surface area contributed by atoms with Crippen molar-refractivity contribution >= 4 is 5.97 Å². The molecule has 1 fully saturated rings. The van der Waals surface area contributed by atoms with E-state index in [1.807, 2.05) is 6.92 Å². The van der Waals surface area contributed by atoms with Crippen LogP contribution in [0.15, 0.2) is 0 Å². The van der Waals surface area contributed by atoms with Gasteiger partial charge in [-0.05, 0) is 38.8 Å². The molecule has 0 aromatic carbocycles. The van der Waals surface area contributed by atoms with E-state index in [-0.39, 0.29) is 11.4 Å². The van der Waals surface area contributed by atoms with Gasteiger partial charge in [0.05, 0.1) is 12.0 Å². The zero-order valence-corrected chi connectivity index (χ0v) is 9.43. The lowest BCUT2D eigenvalue weighted by Crippen LogP contribution is -2.41. The van der Waals surface area contributed by atoms with Crippen LogP contribution in [0.5, 0.6) is 0 Å². The van der Waals surface area contributed by atoms with Crippen LogP contribution in [0.4, 0.5) is 0 Å². The molecule has 1 aliphatic rings. The molecule has 0 amide bonds. The van der Waals surface area contributed by atoms with Crippen LogP contribution in [0.2, 0.25) is 0 Å². The molecule has 0 aromatic rings. The van der Waals surface area contributed by atoms with E-state index in [1.54, 1.807) is 0 Å². The SMILES string of the molecule is CC(C)COC(=O)C1(C)CCNCC1. The highest BCUT2D eigenvalue weighted by molar-refractivity contribution is 5.76. The fraction of sp³-hybridized carbons (Fsp3) is 0.909. The first-order valence-electron chi connectivity index (χ1n) is 5.42. The van der Waals surface area contributed by atoms with E-state index in [0.717, 1.165) is 25.9 Å². The average molecular weight is 199 g/mol. The molecule has 1 aliphatic heterocycles. The third-order valence-corrected chi connectivity index (χ3v) is 2.75. The smallest absolute Gasteiger partial charge is 0.311 e. The fourth-order valence-electron chi connectivity index (χ4n) is 1.60. The lowest BCUT2D eigenvalue weighted by Gasteiger charge is -2.31. The van der Waals surface area contributed by atoms with Gasteiger partial charge in [0.2, 0.25) is 0 Å². The third kappa shape index (κ3) is 2.98. The Morgan fingerprint density at radius 3 is 2.50 bits per heavy atom. The maximum absolute atomic E-state index is 11.8. The summed E-state index contributed by atoms with van der Waals surface area (Å²) in [6, 6.07) is 0. The van der Waals surface area contributed by atoms with Crippen molar-refractivity contribution in [2.24, 2.45) is 11.3 Å². The first-order chi connectivity index (χ1) is 6.54. The van der Waals surface area contributed by atoms with Gasteiger partial charge in [0.15, 0.2) is 0 Å². The predicted molar refractivity (Wildman–Crippen MR) is 56.0 cm³/mol. The molecule has 0 aromatic heterocycles. The van der Waals surface area contributed by atoms with Gasteiger partial charge in [0, 0.05) is 0 Å². The summed E-state index contributed by atoms with van der Waals surface area (Å²) in [4.78, 5) is 11.8. The van der Waals surface area contributed by atoms with Gasteiger partial charge in [-0.15, -0.1) is 0 Å². The summed E-state index contributed by atoms with van der Waals surface area (Å²) in [5.41, 5.74) is -0.250. The third-order valence-electron chi connectivity index (χ3n) is 2.75. The molecular weight excluding hydrogens is 178 g/mol. The summed E-state index contributed by atoms with van der Waals surface area (Å²) in [7, 11) is 0. The Bertz CT molecular complexity index is 195. The Labute approximate surface area is 86.2 Å². The van der Waals surface area contributed by atoms with Crippen molar-refractivity contribution in [3.63, 3.8) is 0 Å². The van der Waals surface area contributed by atoms with Crippen LogP contribution in [-0.2, 0) is 9.53 Å². The van der Waals surface area contributed by atoms with E-state index in [0.29, 0.717) is 12.5 Å². The summed E-state index contributed by atoms with van der Waals surface area (Å²) in [5.74, 6) is 0.400. The summed E-state index contributed by atoms with van der Waals surface area (Å²) in [6.45, 7) is 8.51. The van der Waals surface area contributed by atoms with Crippen LogP contribution >= 0.6 is 0 Å². The zero-order chi connectivity index (χ0) is 10.6. The molecule has 0 bridgehead atoms. The summed E-state index contributed by atoms with van der Waals surface area (Å²) in [5, 5.41) is 3.25. The van der Waals surface area contributed by atoms with Crippen molar-refractivity contribution in [1.82, 2.24) is 5.32 Å². The van der Waals surface area contributed by atoms with Crippen LogP contribution in [0.25, 0.3) is 0 Å². The van der Waals surface area contributed by atoms with E-state index in [2.05, 4.69) is 19.2 Å². The lowest BCUT2D eigenvalue weighted by molar-refractivity contribution is -0.157. The Balaban J connectivity index is 2.41. The van der Waals surface area contributed by atoms with Crippen molar-refractivity contribution in [1.29, 1.82) is 0 Å². The van der Waals surface area contributed by atoms with Gasteiger partial charge in [-0.2, -0.15) is 0 Å². The lowest BCUT2D eigenvalue weighted by atomic mass is 9.81. The standard InChI is InChI=1S/C11H21NO2/c1-9(2)8-14-10(13)11(3)4-6-12-7-5-11/h9,12H,4-8H2,1-3H3. The first kappa shape index (κ1) is 11.5. The molecule has 0 unspecified atom stereocenters. The van der Waals surface area contributed by atoms with E-state index in [9.17, 15) is 4.79 Å². The van der Waals surface area contributed by atoms with Crippen LogP contribution in [0.3, 0.4) is 0 Å². The van der Waals surface area contributed by atoms with Gasteiger partial charge in [-0.1, -0.05) is 13.8 Å². The van der Waals surface area contributed by atoms with E-state index >= 15 is 0 Å². The topological polar surface area (TPSA) is 38.3 Å². The Kier molecular flexibility index (Phi) is 3.93. The van der Waals surface area contributed by atoms with Gasteiger partial charge in [-0.3, -0.25) is 4.79 Å². The number of nitrogens with one attached hydrogen (secondary N) is 1. The molecule has 3 nitrogen and oxygen atoms in total. The van der Waals surface area contributed by atoms with Crippen LogP contribution < -0.4 is 5.32 Å². The minimum Gasteiger partial charge on any atom is -0.465 e. The molecule has 14 heavy (non-hydrogen) atoms. The van der Waals surface area contributed by atoms with Crippen LogP contribution in [-0.4, -0.2) is 25.7 Å². The summed E-state index contributed by atoms with van der Waals surface area (Å²) < 4.78 is 5.28. The summed E-state index contributed by atoms with van der Waals surface area (Å²) >= 11 is 0. The normalized spacial score (nSPS) is 20.9. The molecule has 82 valence electrons. The number of carbonyl (C=O) groups excluding carboxylic acids is 1.